The van der Waals surface area contributed by atoms with Gasteiger partial charge < -0.3 is 4.42 Å². The lowest BCUT2D eigenvalue weighted by molar-refractivity contribution is -0.384. The van der Waals surface area contributed by atoms with E-state index in [4.69, 9.17) is 4.42 Å². The first-order valence-corrected chi connectivity index (χ1v) is 9.47. The van der Waals surface area contributed by atoms with Crippen LogP contribution in [0.3, 0.4) is 0 Å². The van der Waals surface area contributed by atoms with E-state index in [9.17, 15) is 19.7 Å². The first-order valence-electron chi connectivity index (χ1n) is 8.66. The topological polar surface area (TPSA) is 93.7 Å². The highest BCUT2D eigenvalue weighted by Gasteiger charge is 2.35. The zero-order chi connectivity index (χ0) is 20.4. The third-order valence-corrected chi connectivity index (χ3v) is 5.23. The summed E-state index contributed by atoms with van der Waals surface area (Å²) in [6.45, 7) is 0.197. The van der Waals surface area contributed by atoms with Crippen LogP contribution >= 0.6 is 11.8 Å². The van der Waals surface area contributed by atoms with Gasteiger partial charge >= 0.3 is 0 Å². The molecule has 0 bridgehead atoms. The summed E-state index contributed by atoms with van der Waals surface area (Å²) >= 11 is 0.839. The van der Waals surface area contributed by atoms with Gasteiger partial charge in [-0.15, -0.1) is 0 Å². The van der Waals surface area contributed by atoms with Crippen molar-refractivity contribution >= 4 is 34.7 Å². The minimum Gasteiger partial charge on any atom is -0.456 e. The van der Waals surface area contributed by atoms with Crippen LogP contribution in [-0.2, 0) is 11.3 Å². The van der Waals surface area contributed by atoms with Gasteiger partial charge in [0.15, 0.2) is 0 Å². The number of hydrogen-bond donors (Lipinski definition) is 0. The molecule has 0 atom stereocenters. The Labute approximate surface area is 169 Å². The molecule has 1 fully saturated rings. The fraction of sp³-hybridized carbons (Fsp3) is 0.0476. The highest BCUT2D eigenvalue weighted by molar-refractivity contribution is 8.18. The number of amides is 2. The molecular weight excluding hydrogens is 392 g/mol. The third-order valence-electron chi connectivity index (χ3n) is 4.32. The maximum atomic E-state index is 12.6. The van der Waals surface area contributed by atoms with E-state index in [0.29, 0.717) is 17.1 Å². The number of carbonyl (C=O) groups is 2. The summed E-state index contributed by atoms with van der Waals surface area (Å²) in [6, 6.07) is 18.7. The fourth-order valence-electron chi connectivity index (χ4n) is 2.95. The molecule has 1 aliphatic rings. The average molecular weight is 406 g/mol. The van der Waals surface area contributed by atoms with E-state index in [2.05, 4.69) is 0 Å². The Bertz CT molecular complexity index is 1140. The molecule has 0 N–H and O–H groups in total. The summed E-state index contributed by atoms with van der Waals surface area (Å²) in [5.74, 6) is 0.253. The summed E-state index contributed by atoms with van der Waals surface area (Å²) in [5, 5.41) is 10.9. The predicted molar refractivity (Wildman–Crippen MR) is 109 cm³/mol. The maximum Gasteiger partial charge on any atom is 0.293 e. The van der Waals surface area contributed by atoms with Crippen molar-refractivity contribution in [3.63, 3.8) is 0 Å². The summed E-state index contributed by atoms with van der Waals surface area (Å²) < 4.78 is 5.68. The molecule has 2 heterocycles. The molecule has 2 amide bonds. The van der Waals surface area contributed by atoms with Gasteiger partial charge in [0.25, 0.3) is 16.8 Å². The zero-order valence-corrected chi connectivity index (χ0v) is 15.8. The van der Waals surface area contributed by atoms with Crippen molar-refractivity contribution in [2.75, 3.05) is 0 Å². The molecule has 1 aromatic heterocycles. The standard InChI is InChI=1S/C21H14N2O5S/c24-20-19(29-21(25)22(20)13-14-6-2-1-3-7-14)12-15-10-11-18(28-15)16-8-4-5-9-17(16)23(26)27/h1-12H,13H2/b19-12-. The maximum absolute atomic E-state index is 12.6. The number of nitro groups is 1. The van der Waals surface area contributed by atoms with Crippen molar-refractivity contribution < 1.29 is 18.9 Å². The van der Waals surface area contributed by atoms with Crippen molar-refractivity contribution in [1.29, 1.82) is 0 Å². The highest BCUT2D eigenvalue weighted by Crippen LogP contribution is 2.35. The molecule has 3 aromatic rings. The molecule has 7 nitrogen and oxygen atoms in total. The summed E-state index contributed by atoms with van der Waals surface area (Å²) in [4.78, 5) is 37.0. The largest absolute Gasteiger partial charge is 0.456 e. The van der Waals surface area contributed by atoms with E-state index in [1.165, 1.54) is 17.0 Å². The van der Waals surface area contributed by atoms with Crippen LogP contribution in [0.1, 0.15) is 11.3 Å². The molecule has 0 aliphatic carbocycles. The molecule has 29 heavy (non-hydrogen) atoms. The molecule has 4 rings (SSSR count). The van der Waals surface area contributed by atoms with Crippen LogP contribution in [-0.4, -0.2) is 21.0 Å². The number of nitro benzene ring substituents is 1. The Balaban J connectivity index is 1.57. The second kappa shape index (κ2) is 7.76. The lowest BCUT2D eigenvalue weighted by Crippen LogP contribution is -2.27. The van der Waals surface area contributed by atoms with E-state index >= 15 is 0 Å². The number of benzene rings is 2. The van der Waals surface area contributed by atoms with Crippen LogP contribution in [0.4, 0.5) is 10.5 Å². The van der Waals surface area contributed by atoms with Gasteiger partial charge in [0, 0.05) is 12.1 Å². The summed E-state index contributed by atoms with van der Waals surface area (Å²) in [5.41, 5.74) is 1.12. The van der Waals surface area contributed by atoms with Crippen LogP contribution < -0.4 is 0 Å². The Morgan fingerprint density at radius 3 is 2.48 bits per heavy atom. The van der Waals surface area contributed by atoms with Crippen LogP contribution in [0.5, 0.6) is 0 Å². The molecule has 1 aliphatic heterocycles. The van der Waals surface area contributed by atoms with Gasteiger partial charge in [-0.05, 0) is 35.5 Å². The smallest absolute Gasteiger partial charge is 0.293 e. The number of thioether (sulfide) groups is 1. The quantitative estimate of drug-likeness (QED) is 0.333. The minimum absolute atomic E-state index is 0.0726. The van der Waals surface area contributed by atoms with Crippen molar-refractivity contribution in [2.45, 2.75) is 6.54 Å². The summed E-state index contributed by atoms with van der Waals surface area (Å²) in [6.07, 6.45) is 1.48. The van der Waals surface area contributed by atoms with E-state index in [1.807, 2.05) is 30.3 Å². The highest BCUT2D eigenvalue weighted by atomic mass is 32.2. The van der Waals surface area contributed by atoms with Crippen LogP contribution in [0, 0.1) is 10.1 Å². The van der Waals surface area contributed by atoms with Crippen LogP contribution in [0.25, 0.3) is 17.4 Å². The second-order valence-electron chi connectivity index (χ2n) is 6.23. The van der Waals surface area contributed by atoms with E-state index in [1.54, 1.807) is 30.3 Å². The molecule has 0 radical (unpaired) electrons. The van der Waals surface area contributed by atoms with Gasteiger partial charge in [-0.3, -0.25) is 24.6 Å². The monoisotopic (exact) mass is 406 g/mol. The number of nitrogens with zero attached hydrogens (tertiary/aromatic N) is 2. The minimum atomic E-state index is -0.480. The Morgan fingerprint density at radius 1 is 1.00 bits per heavy atom. The predicted octanol–water partition coefficient (Wildman–Crippen LogP) is 5.09. The number of para-hydroxylation sites is 1. The lowest BCUT2D eigenvalue weighted by atomic mass is 10.1. The molecule has 8 heteroatoms. The van der Waals surface area contributed by atoms with E-state index in [0.717, 1.165) is 17.3 Å². The molecule has 0 unspecified atom stereocenters. The first-order chi connectivity index (χ1) is 14.0. The SMILES string of the molecule is O=C1S/C(=C\c2ccc(-c3ccccc3[N+](=O)[O-])o2)C(=O)N1Cc1ccccc1. The lowest BCUT2D eigenvalue weighted by Gasteiger charge is -2.11. The van der Waals surface area contributed by atoms with Crippen molar-refractivity contribution in [1.82, 2.24) is 4.90 Å². The number of imide groups is 1. The second-order valence-corrected chi connectivity index (χ2v) is 7.22. The molecule has 0 saturated carbocycles. The summed E-state index contributed by atoms with van der Waals surface area (Å²) in [7, 11) is 0. The Kier molecular flexibility index (Phi) is 5.01. The average Bonchev–Trinajstić information content (AvgIpc) is 3.29. The molecule has 1 saturated heterocycles. The molecule has 144 valence electrons. The zero-order valence-electron chi connectivity index (χ0n) is 15.0. The molecule has 2 aromatic carbocycles. The third kappa shape index (κ3) is 3.83. The van der Waals surface area contributed by atoms with Gasteiger partial charge in [0.2, 0.25) is 0 Å². The van der Waals surface area contributed by atoms with Crippen LogP contribution in [0.2, 0.25) is 0 Å². The Morgan fingerprint density at radius 2 is 1.72 bits per heavy atom. The van der Waals surface area contributed by atoms with Crippen LogP contribution in [0.15, 0.2) is 76.1 Å². The molecular formula is C21H14N2O5S. The van der Waals surface area contributed by atoms with E-state index in [-0.39, 0.29) is 22.4 Å². The van der Waals surface area contributed by atoms with Gasteiger partial charge in [-0.2, -0.15) is 0 Å². The van der Waals surface area contributed by atoms with Gasteiger partial charge in [-0.1, -0.05) is 42.5 Å². The van der Waals surface area contributed by atoms with Gasteiger partial charge in [-0.25, -0.2) is 0 Å². The van der Waals surface area contributed by atoms with Crippen molar-refractivity contribution in [3.05, 3.63) is 93.1 Å². The molecule has 0 spiro atoms. The fourth-order valence-corrected chi connectivity index (χ4v) is 3.77. The number of carbonyl (C=O) groups excluding carboxylic acids is 2. The van der Waals surface area contributed by atoms with Gasteiger partial charge in [0.1, 0.15) is 11.5 Å². The van der Waals surface area contributed by atoms with E-state index < -0.39 is 10.8 Å². The number of furan rings is 1. The Hall–Kier alpha value is -3.65. The number of hydrogen-bond acceptors (Lipinski definition) is 6. The first kappa shape index (κ1) is 18.7. The normalized spacial score (nSPS) is 15.3. The van der Waals surface area contributed by atoms with Gasteiger partial charge in [0.05, 0.1) is 21.9 Å². The van der Waals surface area contributed by atoms with Crippen molar-refractivity contribution in [3.8, 4) is 11.3 Å². The number of rotatable bonds is 5. The van der Waals surface area contributed by atoms with Crippen molar-refractivity contribution in [2.24, 2.45) is 0 Å².